The third-order valence-electron chi connectivity index (χ3n) is 9.08. The number of ether oxygens (including phenoxy) is 6. The highest BCUT2D eigenvalue weighted by atomic mass is 28.5. The summed E-state index contributed by atoms with van der Waals surface area (Å²) in [6.07, 6.45) is 3.52. The zero-order chi connectivity index (χ0) is 37.2. The second kappa shape index (κ2) is 18.5. The molecule has 16 heteroatoms. The van der Waals surface area contributed by atoms with Crippen LogP contribution in [0.4, 0.5) is 0 Å². The zero-order valence-electron chi connectivity index (χ0n) is 31.6. The molecule has 2 aromatic rings. The van der Waals surface area contributed by atoms with Crippen LogP contribution in [0, 0.1) is 0 Å². The number of esters is 2. The molecule has 52 heavy (non-hydrogen) atoms. The third-order valence-corrected chi connectivity index (χ3v) is 27.7. The minimum atomic E-state index is -2.89. The first kappa shape index (κ1) is 41.1. The summed E-state index contributed by atoms with van der Waals surface area (Å²) in [4.78, 5) is 22.9. The molecule has 0 aliphatic carbocycles. The number of hydrogen-bond donors (Lipinski definition) is 0. The fraction of sp³-hybridized carbons (Fsp3) is 0.611. The van der Waals surface area contributed by atoms with Gasteiger partial charge in [0.2, 0.25) is 0 Å². The molecule has 0 bridgehead atoms. The standard InChI is InChI=1S/C36H56O12Si4/c1-29(37)43-33-13-9-31(10-14-33)17-23-51(5)45-49(3,21-7-19-39-25-35-27-41-35)47-52(6,24-18-32-11-15-34(16-12-32)44-30(2)38)48-50(4,46-51)22-8-20-40-26-36-28-42-36/h9-16,35-36H,7-8,17-28H2,1-6H3/t35-,36?,49?,50?,51?,52?/m1/s1. The molecular weight excluding hydrogens is 737 g/mol. The van der Waals surface area contributed by atoms with Gasteiger partial charge in [-0.2, -0.15) is 0 Å². The van der Waals surface area contributed by atoms with Crippen LogP contribution in [0.3, 0.4) is 0 Å². The molecule has 3 aliphatic rings. The van der Waals surface area contributed by atoms with Crippen molar-refractivity contribution in [3.63, 3.8) is 0 Å². The van der Waals surface area contributed by atoms with Crippen LogP contribution in [0.15, 0.2) is 48.5 Å². The molecule has 3 fully saturated rings. The Morgan fingerprint density at radius 2 is 0.904 bits per heavy atom. The van der Waals surface area contributed by atoms with Crippen LogP contribution in [0.1, 0.15) is 37.8 Å². The lowest BCUT2D eigenvalue weighted by Gasteiger charge is -2.50. The van der Waals surface area contributed by atoms with Gasteiger partial charge in [0.15, 0.2) is 0 Å². The number of epoxide rings is 2. The van der Waals surface area contributed by atoms with Gasteiger partial charge >= 0.3 is 46.2 Å². The maximum atomic E-state index is 11.4. The Morgan fingerprint density at radius 1 is 0.577 bits per heavy atom. The number of carbonyl (C=O) groups is 2. The largest absolute Gasteiger partial charge is 0.427 e. The topological polar surface area (TPSA) is 133 Å². The monoisotopic (exact) mass is 792 g/mol. The van der Waals surface area contributed by atoms with Crippen molar-refractivity contribution in [1.82, 2.24) is 0 Å². The second-order valence-electron chi connectivity index (χ2n) is 14.7. The van der Waals surface area contributed by atoms with Crippen molar-refractivity contribution >= 4 is 46.2 Å². The Hall–Kier alpha value is -2.07. The van der Waals surface area contributed by atoms with Gasteiger partial charge in [0.25, 0.3) is 0 Å². The van der Waals surface area contributed by atoms with Crippen molar-refractivity contribution < 1.29 is 54.5 Å². The number of benzene rings is 2. The fourth-order valence-electron chi connectivity index (χ4n) is 6.59. The van der Waals surface area contributed by atoms with Gasteiger partial charge in [0, 0.05) is 27.1 Å². The molecule has 3 unspecified atom stereocenters. The Bertz CT molecular complexity index is 1330. The van der Waals surface area contributed by atoms with Gasteiger partial charge in [0.05, 0.1) is 26.4 Å². The van der Waals surface area contributed by atoms with Crippen molar-refractivity contribution in [1.29, 1.82) is 0 Å². The average molecular weight is 793 g/mol. The van der Waals surface area contributed by atoms with E-state index in [4.69, 9.17) is 44.9 Å². The molecule has 0 aromatic heterocycles. The molecule has 0 spiro atoms. The Kier molecular flexibility index (Phi) is 14.6. The van der Waals surface area contributed by atoms with Crippen LogP contribution in [-0.2, 0) is 57.8 Å². The molecule has 3 saturated heterocycles. The number of carbonyl (C=O) groups excluding carboxylic acids is 2. The normalized spacial score (nSPS) is 29.9. The van der Waals surface area contributed by atoms with Crippen LogP contribution >= 0.6 is 0 Å². The van der Waals surface area contributed by atoms with E-state index in [-0.39, 0.29) is 24.1 Å². The first-order valence-electron chi connectivity index (χ1n) is 18.5. The van der Waals surface area contributed by atoms with Gasteiger partial charge < -0.3 is 44.9 Å². The fourth-order valence-corrected chi connectivity index (χ4v) is 29.7. The first-order valence-corrected chi connectivity index (χ1v) is 28.6. The lowest BCUT2D eigenvalue weighted by atomic mass is 10.2. The van der Waals surface area contributed by atoms with E-state index in [2.05, 4.69) is 26.2 Å². The van der Waals surface area contributed by atoms with Crippen molar-refractivity contribution in [3.8, 4) is 11.5 Å². The van der Waals surface area contributed by atoms with Gasteiger partial charge in [-0.05, 0) is 111 Å². The van der Waals surface area contributed by atoms with Crippen LogP contribution in [-0.4, -0.2) is 98.0 Å². The lowest BCUT2D eigenvalue weighted by molar-refractivity contribution is -0.132. The molecule has 0 N–H and O–H groups in total. The van der Waals surface area contributed by atoms with Gasteiger partial charge in [0.1, 0.15) is 23.7 Å². The molecule has 4 atom stereocenters. The summed E-state index contributed by atoms with van der Waals surface area (Å²) in [5.41, 5.74) is 2.22. The van der Waals surface area contributed by atoms with Crippen LogP contribution < -0.4 is 9.47 Å². The minimum Gasteiger partial charge on any atom is -0.427 e. The van der Waals surface area contributed by atoms with Crippen LogP contribution in [0.25, 0.3) is 0 Å². The van der Waals surface area contributed by atoms with E-state index in [1.165, 1.54) is 13.8 Å². The minimum absolute atomic E-state index is 0.219. The average Bonchev–Trinajstić information content (AvgIpc) is 3.99. The Balaban J connectivity index is 1.34. The SMILES string of the molecule is CC(=O)Oc1ccc(CC[Si]2(C)O[Si](C)(CCCOCC3CO3)O[Si](C)(CCc3ccc(OC(C)=O)cc3)O[Si](C)(CCCOC[C@@H]3CO3)O2)cc1. The van der Waals surface area contributed by atoms with Gasteiger partial charge in [-0.25, -0.2) is 0 Å². The summed E-state index contributed by atoms with van der Waals surface area (Å²) < 4.78 is 62.3. The maximum absolute atomic E-state index is 11.4. The highest BCUT2D eigenvalue weighted by Gasteiger charge is 2.56. The summed E-state index contributed by atoms with van der Waals surface area (Å²) >= 11 is 0. The lowest BCUT2D eigenvalue weighted by Crippen LogP contribution is -2.67. The van der Waals surface area contributed by atoms with E-state index in [9.17, 15) is 9.59 Å². The number of hydrogen-bond acceptors (Lipinski definition) is 12. The molecule has 3 aliphatic heterocycles. The molecule has 0 saturated carbocycles. The predicted molar refractivity (Wildman–Crippen MR) is 203 cm³/mol. The van der Waals surface area contributed by atoms with E-state index < -0.39 is 34.2 Å². The molecule has 288 valence electrons. The maximum Gasteiger partial charge on any atom is 0.317 e. The summed E-state index contributed by atoms with van der Waals surface area (Å²) in [6.45, 7) is 15.4. The molecule has 0 radical (unpaired) electrons. The van der Waals surface area contributed by atoms with Crippen LogP contribution in [0.2, 0.25) is 50.4 Å². The molecular formula is C36H56O12Si4. The highest BCUT2D eigenvalue weighted by molar-refractivity contribution is 6.93. The Labute approximate surface area is 312 Å². The quantitative estimate of drug-likeness (QED) is 0.0490. The van der Waals surface area contributed by atoms with Crippen LogP contribution in [0.5, 0.6) is 11.5 Å². The van der Waals surface area contributed by atoms with Crippen molar-refractivity contribution in [2.24, 2.45) is 0 Å². The summed E-state index contributed by atoms with van der Waals surface area (Å²) in [7, 11) is -11.5. The summed E-state index contributed by atoms with van der Waals surface area (Å²) in [5.74, 6) is 0.358. The summed E-state index contributed by atoms with van der Waals surface area (Å²) in [5, 5.41) is 0. The smallest absolute Gasteiger partial charge is 0.317 e. The molecule has 12 nitrogen and oxygen atoms in total. The second-order valence-corrected chi connectivity index (χ2v) is 29.0. The van der Waals surface area contributed by atoms with Gasteiger partial charge in [-0.3, -0.25) is 9.59 Å². The molecule has 3 heterocycles. The highest BCUT2D eigenvalue weighted by Crippen LogP contribution is 2.39. The van der Waals surface area contributed by atoms with Crippen molar-refractivity contribution in [2.75, 3.05) is 39.6 Å². The zero-order valence-corrected chi connectivity index (χ0v) is 35.6. The summed E-state index contributed by atoms with van der Waals surface area (Å²) in [6, 6.07) is 18.2. The first-order chi connectivity index (χ1) is 24.7. The molecule has 2 aromatic carbocycles. The van der Waals surface area contributed by atoms with Gasteiger partial charge in [-0.15, -0.1) is 0 Å². The predicted octanol–water partition coefficient (Wildman–Crippen LogP) is 6.30. The number of rotatable bonds is 20. The number of aryl methyl sites for hydroxylation is 2. The van der Waals surface area contributed by atoms with E-state index in [0.717, 1.165) is 74.2 Å². The molecule has 0 amide bonds. The molecule has 5 rings (SSSR count). The third kappa shape index (κ3) is 14.3. The van der Waals surface area contributed by atoms with E-state index in [1.807, 2.05) is 48.5 Å². The Morgan fingerprint density at radius 3 is 1.21 bits per heavy atom. The van der Waals surface area contributed by atoms with Crippen molar-refractivity contribution in [3.05, 3.63) is 59.7 Å². The van der Waals surface area contributed by atoms with Crippen molar-refractivity contribution in [2.45, 2.75) is 102 Å². The van der Waals surface area contributed by atoms with E-state index >= 15 is 0 Å². The van der Waals surface area contributed by atoms with Gasteiger partial charge in [-0.1, -0.05) is 24.3 Å². The van der Waals surface area contributed by atoms with E-state index in [1.54, 1.807) is 0 Å². The van der Waals surface area contributed by atoms with E-state index in [0.29, 0.717) is 37.9 Å².